The average Bonchev–Trinajstić information content (AvgIpc) is 2.80. The van der Waals surface area contributed by atoms with E-state index in [4.69, 9.17) is 0 Å². The number of halogens is 1. The molecule has 1 heterocycles. The van der Waals surface area contributed by atoms with Gasteiger partial charge in [-0.3, -0.25) is 9.59 Å². The zero-order valence-corrected chi connectivity index (χ0v) is 19.4. The maximum absolute atomic E-state index is 12.8. The summed E-state index contributed by atoms with van der Waals surface area (Å²) in [5.41, 5.74) is 1.12. The van der Waals surface area contributed by atoms with Crippen LogP contribution in [-0.4, -0.2) is 48.6 Å². The molecule has 0 aromatic heterocycles. The lowest BCUT2D eigenvalue weighted by Gasteiger charge is -2.23. The second kappa shape index (κ2) is 14.1. The quantitative estimate of drug-likeness (QED) is 0.674. The van der Waals surface area contributed by atoms with Gasteiger partial charge in [0.25, 0.3) is 0 Å². The van der Waals surface area contributed by atoms with Gasteiger partial charge in [0.05, 0.1) is 5.75 Å². The molecular formula is C24H32ClN3O2S. The van der Waals surface area contributed by atoms with Crippen molar-refractivity contribution in [3.63, 3.8) is 0 Å². The molecule has 1 fully saturated rings. The Balaban J connectivity index is 0.00000341. The Bertz CT molecular complexity index is 792. The van der Waals surface area contributed by atoms with Crippen LogP contribution >= 0.6 is 24.2 Å². The van der Waals surface area contributed by atoms with Crippen LogP contribution in [-0.2, 0) is 9.59 Å². The van der Waals surface area contributed by atoms with E-state index in [1.165, 1.54) is 0 Å². The fraction of sp³-hybridized carbons (Fsp3) is 0.417. The summed E-state index contributed by atoms with van der Waals surface area (Å²) in [5.74, 6) is 0.714. The van der Waals surface area contributed by atoms with Gasteiger partial charge in [-0.05, 0) is 43.5 Å². The number of carbonyl (C=O) groups excluding carboxylic acids is 2. The monoisotopic (exact) mass is 461 g/mol. The highest BCUT2D eigenvalue weighted by atomic mass is 35.5. The van der Waals surface area contributed by atoms with E-state index >= 15 is 0 Å². The summed E-state index contributed by atoms with van der Waals surface area (Å²) in [6.07, 6.45) is 3.08. The first-order chi connectivity index (χ1) is 14.7. The van der Waals surface area contributed by atoms with Crippen molar-refractivity contribution >= 4 is 36.0 Å². The van der Waals surface area contributed by atoms with Crippen LogP contribution in [0.5, 0.6) is 0 Å². The van der Waals surface area contributed by atoms with Gasteiger partial charge in [-0.1, -0.05) is 48.5 Å². The fourth-order valence-electron chi connectivity index (χ4n) is 3.57. The molecule has 31 heavy (non-hydrogen) atoms. The van der Waals surface area contributed by atoms with E-state index in [-0.39, 0.29) is 30.3 Å². The van der Waals surface area contributed by atoms with E-state index in [1.807, 2.05) is 53.4 Å². The molecule has 0 spiro atoms. The Kier molecular flexibility index (Phi) is 11.5. The molecule has 1 unspecified atom stereocenters. The highest BCUT2D eigenvalue weighted by Gasteiger charge is 2.18. The van der Waals surface area contributed by atoms with Gasteiger partial charge in [0.15, 0.2) is 0 Å². The molecule has 0 aliphatic carbocycles. The number of carbonyl (C=O) groups is 2. The van der Waals surface area contributed by atoms with E-state index < -0.39 is 0 Å². The molecule has 2 aromatic carbocycles. The van der Waals surface area contributed by atoms with Gasteiger partial charge in [-0.25, -0.2) is 0 Å². The van der Waals surface area contributed by atoms with Gasteiger partial charge in [0.1, 0.15) is 0 Å². The molecule has 2 amide bonds. The number of rotatable bonds is 4. The number of nitrogens with zero attached hydrogens (tertiary/aromatic N) is 1. The Morgan fingerprint density at radius 1 is 0.935 bits per heavy atom. The molecule has 2 aromatic rings. The normalized spacial score (nSPS) is 18.5. The number of hydrogen-bond donors (Lipinski definition) is 2. The van der Waals surface area contributed by atoms with Gasteiger partial charge in [0, 0.05) is 37.0 Å². The molecule has 1 saturated heterocycles. The molecule has 0 bridgehead atoms. The molecule has 1 aliphatic rings. The van der Waals surface area contributed by atoms with Crippen molar-refractivity contribution in [1.82, 2.24) is 15.5 Å². The topological polar surface area (TPSA) is 61.4 Å². The van der Waals surface area contributed by atoms with Crippen LogP contribution in [0.2, 0.25) is 0 Å². The van der Waals surface area contributed by atoms with Crippen molar-refractivity contribution in [2.75, 3.05) is 31.9 Å². The molecule has 0 saturated carbocycles. The summed E-state index contributed by atoms with van der Waals surface area (Å²) >= 11 is 1.59. The van der Waals surface area contributed by atoms with Gasteiger partial charge in [0.2, 0.25) is 11.8 Å². The summed E-state index contributed by atoms with van der Waals surface area (Å²) in [6, 6.07) is 20.1. The molecule has 7 heteroatoms. The highest BCUT2D eigenvalue weighted by molar-refractivity contribution is 8.00. The zero-order valence-electron chi connectivity index (χ0n) is 17.8. The maximum Gasteiger partial charge on any atom is 0.232 e. The fourth-order valence-corrected chi connectivity index (χ4v) is 4.39. The zero-order chi connectivity index (χ0) is 21.0. The molecule has 3 rings (SSSR count). The molecule has 5 nitrogen and oxygen atoms in total. The standard InChI is InChI=1S/C24H31N3O2S.ClH/c28-23-18-22(20-10-3-1-4-11-20)25-15-9-17-27(16-8-7-14-26-23)24(29)19-30-21-12-5-2-6-13-21;/h1-6,10-13,22,25H,7-9,14-19H2,(H,26,28);1H. The van der Waals surface area contributed by atoms with Gasteiger partial charge < -0.3 is 15.5 Å². The van der Waals surface area contributed by atoms with Crippen LogP contribution in [0.1, 0.15) is 37.3 Å². The maximum atomic E-state index is 12.8. The minimum atomic E-state index is -0.00950. The second-order valence-electron chi connectivity index (χ2n) is 7.51. The van der Waals surface area contributed by atoms with Crippen molar-refractivity contribution in [1.29, 1.82) is 0 Å². The Labute approximate surface area is 195 Å². The number of thioether (sulfide) groups is 1. The van der Waals surface area contributed by atoms with E-state index in [0.717, 1.165) is 49.4 Å². The third kappa shape index (κ3) is 8.93. The Hall–Kier alpha value is -2.02. The first kappa shape index (κ1) is 25.2. The van der Waals surface area contributed by atoms with Crippen molar-refractivity contribution in [3.8, 4) is 0 Å². The van der Waals surface area contributed by atoms with Crippen LogP contribution in [0.15, 0.2) is 65.6 Å². The lowest BCUT2D eigenvalue weighted by atomic mass is 10.0. The van der Waals surface area contributed by atoms with Crippen LogP contribution in [0.25, 0.3) is 0 Å². The lowest BCUT2D eigenvalue weighted by molar-refractivity contribution is -0.128. The van der Waals surface area contributed by atoms with Gasteiger partial charge in [-0.15, -0.1) is 24.2 Å². The van der Waals surface area contributed by atoms with Crippen LogP contribution < -0.4 is 10.6 Å². The average molecular weight is 462 g/mol. The predicted octanol–water partition coefficient (Wildman–Crippen LogP) is 4.05. The lowest BCUT2D eigenvalue weighted by Crippen LogP contribution is -2.36. The largest absolute Gasteiger partial charge is 0.356 e. The van der Waals surface area contributed by atoms with Crippen LogP contribution in [0.3, 0.4) is 0 Å². The minimum Gasteiger partial charge on any atom is -0.356 e. The Morgan fingerprint density at radius 3 is 2.35 bits per heavy atom. The molecule has 1 aliphatic heterocycles. The molecule has 2 N–H and O–H groups in total. The molecule has 0 radical (unpaired) electrons. The SMILES string of the molecule is Cl.O=C1CC(c2ccccc2)NCCCN(C(=O)CSc2ccccc2)CCCCN1. The van der Waals surface area contributed by atoms with E-state index in [9.17, 15) is 9.59 Å². The first-order valence-electron chi connectivity index (χ1n) is 10.7. The summed E-state index contributed by atoms with van der Waals surface area (Å²) in [6.45, 7) is 2.90. The molecule has 168 valence electrons. The molecule has 1 atom stereocenters. The third-order valence-corrected chi connectivity index (χ3v) is 6.22. The summed E-state index contributed by atoms with van der Waals surface area (Å²) in [7, 11) is 0. The predicted molar refractivity (Wildman–Crippen MR) is 130 cm³/mol. The summed E-state index contributed by atoms with van der Waals surface area (Å²) in [4.78, 5) is 28.3. The van der Waals surface area contributed by atoms with Crippen LogP contribution in [0, 0.1) is 0 Å². The summed E-state index contributed by atoms with van der Waals surface area (Å²) in [5, 5.41) is 6.54. The van der Waals surface area contributed by atoms with E-state index in [1.54, 1.807) is 11.8 Å². The van der Waals surface area contributed by atoms with Crippen molar-refractivity contribution in [2.24, 2.45) is 0 Å². The third-order valence-electron chi connectivity index (χ3n) is 5.22. The summed E-state index contributed by atoms with van der Waals surface area (Å²) < 4.78 is 0. The Morgan fingerprint density at radius 2 is 1.61 bits per heavy atom. The van der Waals surface area contributed by atoms with Gasteiger partial charge in [-0.2, -0.15) is 0 Å². The number of benzene rings is 2. The highest BCUT2D eigenvalue weighted by Crippen LogP contribution is 2.19. The molecular weight excluding hydrogens is 430 g/mol. The minimum absolute atomic E-state index is 0. The van der Waals surface area contributed by atoms with Crippen molar-refractivity contribution < 1.29 is 9.59 Å². The number of amides is 2. The van der Waals surface area contributed by atoms with Crippen molar-refractivity contribution in [3.05, 3.63) is 66.2 Å². The second-order valence-corrected chi connectivity index (χ2v) is 8.56. The van der Waals surface area contributed by atoms with Gasteiger partial charge >= 0.3 is 0 Å². The number of hydrogen-bond acceptors (Lipinski definition) is 4. The van der Waals surface area contributed by atoms with Crippen molar-refractivity contribution in [2.45, 2.75) is 36.6 Å². The number of nitrogens with one attached hydrogen (secondary N) is 2. The van der Waals surface area contributed by atoms with Crippen LogP contribution in [0.4, 0.5) is 0 Å². The smallest absolute Gasteiger partial charge is 0.232 e. The van der Waals surface area contributed by atoms with E-state index in [0.29, 0.717) is 18.7 Å². The van der Waals surface area contributed by atoms with E-state index in [2.05, 4.69) is 22.8 Å². The first-order valence-corrected chi connectivity index (χ1v) is 11.7.